The molecule has 0 bridgehead atoms. The van der Waals surface area contributed by atoms with Crippen LogP contribution in [0, 0.1) is 0 Å². The molecule has 2 atom stereocenters. The standard InChI is InChI=1S/C18H33N7O/c1-4-15(24-9-5-6-10-24)11-20-18(19-2)21-14-7-8-17-22-16(13-26-3)23-25(17)12-14/h14-15H,4-13H2,1-3H3,(H2,19,20,21). The van der Waals surface area contributed by atoms with Crippen LogP contribution in [0.5, 0.6) is 0 Å². The van der Waals surface area contributed by atoms with Gasteiger partial charge in [-0.2, -0.15) is 5.10 Å². The molecule has 8 heteroatoms. The van der Waals surface area contributed by atoms with Crippen molar-refractivity contribution >= 4 is 5.96 Å². The number of hydrogen-bond acceptors (Lipinski definition) is 5. The summed E-state index contributed by atoms with van der Waals surface area (Å²) in [6, 6.07) is 0.901. The summed E-state index contributed by atoms with van der Waals surface area (Å²) in [6.45, 7) is 6.95. The van der Waals surface area contributed by atoms with Gasteiger partial charge in [-0.1, -0.05) is 6.92 Å². The van der Waals surface area contributed by atoms with Crippen molar-refractivity contribution in [3.63, 3.8) is 0 Å². The molecule has 0 saturated carbocycles. The third-order valence-corrected chi connectivity index (χ3v) is 5.37. The number of nitrogens with one attached hydrogen (secondary N) is 2. The second kappa shape index (κ2) is 9.32. The van der Waals surface area contributed by atoms with Gasteiger partial charge in [0.05, 0.1) is 6.54 Å². The Bertz CT molecular complexity index is 594. The summed E-state index contributed by atoms with van der Waals surface area (Å²) in [7, 11) is 3.51. The third kappa shape index (κ3) is 4.73. The van der Waals surface area contributed by atoms with Gasteiger partial charge < -0.3 is 15.4 Å². The molecule has 0 radical (unpaired) electrons. The monoisotopic (exact) mass is 363 g/mol. The minimum atomic E-state index is 0.317. The maximum absolute atomic E-state index is 5.13. The smallest absolute Gasteiger partial charge is 0.191 e. The van der Waals surface area contributed by atoms with Gasteiger partial charge in [0, 0.05) is 39.2 Å². The number of guanidine groups is 1. The first kappa shape index (κ1) is 19.1. The van der Waals surface area contributed by atoms with Crippen molar-refractivity contribution < 1.29 is 4.74 Å². The molecule has 0 aliphatic carbocycles. The summed E-state index contributed by atoms with van der Waals surface area (Å²) in [6.07, 6.45) is 5.79. The van der Waals surface area contributed by atoms with Gasteiger partial charge in [-0.05, 0) is 38.8 Å². The number of hydrogen-bond donors (Lipinski definition) is 2. The average Bonchev–Trinajstić information content (AvgIpc) is 3.30. The topological polar surface area (TPSA) is 79.6 Å². The molecule has 1 aromatic heterocycles. The van der Waals surface area contributed by atoms with Crippen LogP contribution in [0.4, 0.5) is 0 Å². The molecule has 26 heavy (non-hydrogen) atoms. The average molecular weight is 364 g/mol. The number of nitrogens with zero attached hydrogens (tertiary/aromatic N) is 5. The number of likely N-dealkylation sites (tertiary alicyclic amines) is 1. The fraction of sp³-hybridized carbons (Fsp3) is 0.833. The van der Waals surface area contributed by atoms with Crippen LogP contribution in [-0.4, -0.2) is 71.5 Å². The largest absolute Gasteiger partial charge is 0.377 e. The van der Waals surface area contributed by atoms with Gasteiger partial charge in [0.2, 0.25) is 0 Å². The van der Waals surface area contributed by atoms with Gasteiger partial charge in [-0.25, -0.2) is 9.67 Å². The van der Waals surface area contributed by atoms with Crippen LogP contribution in [0.25, 0.3) is 0 Å². The molecule has 146 valence electrons. The van der Waals surface area contributed by atoms with Crippen LogP contribution in [0.15, 0.2) is 4.99 Å². The van der Waals surface area contributed by atoms with Crippen LogP contribution >= 0.6 is 0 Å². The number of methoxy groups -OCH3 is 1. The van der Waals surface area contributed by atoms with E-state index in [4.69, 9.17) is 4.74 Å². The number of fused-ring (bicyclic) bond motifs is 1. The second-order valence-electron chi connectivity index (χ2n) is 7.20. The van der Waals surface area contributed by atoms with Crippen molar-refractivity contribution in [3.05, 3.63) is 11.6 Å². The summed E-state index contributed by atoms with van der Waals surface area (Å²) in [5.41, 5.74) is 0. The quantitative estimate of drug-likeness (QED) is 0.550. The van der Waals surface area contributed by atoms with Gasteiger partial charge in [0.25, 0.3) is 0 Å². The van der Waals surface area contributed by atoms with Crippen molar-refractivity contribution in [1.82, 2.24) is 30.3 Å². The minimum Gasteiger partial charge on any atom is -0.377 e. The molecule has 2 aliphatic rings. The lowest BCUT2D eigenvalue weighted by Crippen LogP contribution is -2.50. The predicted molar refractivity (Wildman–Crippen MR) is 102 cm³/mol. The van der Waals surface area contributed by atoms with Crippen LogP contribution in [-0.2, 0) is 24.3 Å². The number of rotatable bonds is 7. The Balaban J connectivity index is 1.50. The van der Waals surface area contributed by atoms with Crippen LogP contribution in [0.1, 0.15) is 44.3 Å². The highest BCUT2D eigenvalue weighted by Crippen LogP contribution is 2.15. The van der Waals surface area contributed by atoms with Crippen molar-refractivity contribution in [2.24, 2.45) is 4.99 Å². The molecule has 0 spiro atoms. The first-order chi connectivity index (χ1) is 12.7. The van der Waals surface area contributed by atoms with Crippen LogP contribution in [0.3, 0.4) is 0 Å². The summed E-state index contributed by atoms with van der Waals surface area (Å²) in [5.74, 6) is 2.70. The van der Waals surface area contributed by atoms with E-state index in [2.05, 4.69) is 37.5 Å². The minimum absolute atomic E-state index is 0.317. The van der Waals surface area contributed by atoms with E-state index in [9.17, 15) is 0 Å². The zero-order valence-electron chi connectivity index (χ0n) is 16.4. The number of aromatic nitrogens is 3. The Hall–Kier alpha value is -1.67. The first-order valence-corrected chi connectivity index (χ1v) is 9.86. The van der Waals surface area contributed by atoms with E-state index in [-0.39, 0.29) is 0 Å². The van der Waals surface area contributed by atoms with E-state index in [0.29, 0.717) is 18.7 Å². The molecule has 8 nitrogen and oxygen atoms in total. The van der Waals surface area contributed by atoms with Gasteiger partial charge in [0.15, 0.2) is 11.8 Å². The van der Waals surface area contributed by atoms with Crippen LogP contribution in [0.2, 0.25) is 0 Å². The molecule has 0 amide bonds. The van der Waals surface area contributed by atoms with E-state index < -0.39 is 0 Å². The molecule has 3 rings (SSSR count). The highest BCUT2D eigenvalue weighted by Gasteiger charge is 2.24. The molecular formula is C18H33N7O. The third-order valence-electron chi connectivity index (χ3n) is 5.37. The van der Waals surface area contributed by atoms with E-state index >= 15 is 0 Å². The summed E-state index contributed by atoms with van der Waals surface area (Å²) in [4.78, 5) is 11.6. The Morgan fingerprint density at radius 2 is 2.19 bits per heavy atom. The molecule has 3 heterocycles. The number of aryl methyl sites for hydroxylation is 1. The predicted octanol–water partition coefficient (Wildman–Crippen LogP) is 0.779. The maximum atomic E-state index is 5.13. The maximum Gasteiger partial charge on any atom is 0.191 e. The molecule has 2 aliphatic heterocycles. The second-order valence-corrected chi connectivity index (χ2v) is 7.20. The zero-order chi connectivity index (χ0) is 18.4. The summed E-state index contributed by atoms with van der Waals surface area (Å²) in [5, 5.41) is 11.6. The van der Waals surface area contributed by atoms with E-state index in [0.717, 1.165) is 50.0 Å². The van der Waals surface area contributed by atoms with E-state index in [1.165, 1.54) is 25.9 Å². The molecule has 0 aromatic carbocycles. The lowest BCUT2D eigenvalue weighted by molar-refractivity contribution is 0.177. The molecule has 2 N–H and O–H groups in total. The normalized spacial score (nSPS) is 22.3. The van der Waals surface area contributed by atoms with Crippen LogP contribution < -0.4 is 10.6 Å². The molecule has 1 saturated heterocycles. The lowest BCUT2D eigenvalue weighted by atomic mass is 10.1. The van der Waals surface area contributed by atoms with E-state index in [1.807, 2.05) is 11.7 Å². The highest BCUT2D eigenvalue weighted by atomic mass is 16.5. The summed E-state index contributed by atoms with van der Waals surface area (Å²) >= 11 is 0. The Morgan fingerprint density at radius 1 is 1.38 bits per heavy atom. The molecule has 2 unspecified atom stereocenters. The van der Waals surface area contributed by atoms with E-state index in [1.54, 1.807) is 7.11 Å². The molecule has 1 fully saturated rings. The lowest BCUT2D eigenvalue weighted by Gasteiger charge is -2.29. The first-order valence-electron chi connectivity index (χ1n) is 9.86. The zero-order valence-corrected chi connectivity index (χ0v) is 16.4. The fourth-order valence-electron chi connectivity index (χ4n) is 3.91. The highest BCUT2D eigenvalue weighted by molar-refractivity contribution is 5.80. The molecule has 1 aromatic rings. The number of ether oxygens (including phenoxy) is 1. The van der Waals surface area contributed by atoms with Crippen molar-refractivity contribution in [1.29, 1.82) is 0 Å². The fourth-order valence-corrected chi connectivity index (χ4v) is 3.91. The summed E-state index contributed by atoms with van der Waals surface area (Å²) < 4.78 is 7.14. The molecular weight excluding hydrogens is 330 g/mol. The van der Waals surface area contributed by atoms with Gasteiger partial charge in [-0.3, -0.25) is 9.89 Å². The van der Waals surface area contributed by atoms with Gasteiger partial charge in [0.1, 0.15) is 12.4 Å². The van der Waals surface area contributed by atoms with Gasteiger partial charge in [-0.15, -0.1) is 0 Å². The number of aliphatic imine (C=N–C) groups is 1. The Morgan fingerprint density at radius 3 is 2.88 bits per heavy atom. The Labute approximate surface area is 156 Å². The SMILES string of the molecule is CCC(CNC(=NC)NC1CCc2nc(COC)nn2C1)N1CCCC1. The Kier molecular flexibility index (Phi) is 6.85. The van der Waals surface area contributed by atoms with Crippen molar-refractivity contribution in [3.8, 4) is 0 Å². The van der Waals surface area contributed by atoms with Gasteiger partial charge >= 0.3 is 0 Å². The van der Waals surface area contributed by atoms with Crippen molar-refractivity contribution in [2.75, 3.05) is 33.8 Å². The van der Waals surface area contributed by atoms with Crippen molar-refractivity contribution in [2.45, 2.75) is 64.3 Å².